The van der Waals surface area contributed by atoms with Crippen LogP contribution in [-0.4, -0.2) is 17.9 Å². The van der Waals surface area contributed by atoms with Gasteiger partial charge in [-0.3, -0.25) is 4.79 Å². The first-order valence-corrected chi connectivity index (χ1v) is 6.53. The summed E-state index contributed by atoms with van der Waals surface area (Å²) >= 11 is 0. The lowest BCUT2D eigenvalue weighted by molar-refractivity contribution is -0.125. The minimum Gasteiger partial charge on any atom is -0.305 e. The van der Waals surface area contributed by atoms with Crippen LogP contribution < -0.4 is 5.32 Å². The van der Waals surface area contributed by atoms with Crippen molar-refractivity contribution in [3.63, 3.8) is 0 Å². The van der Waals surface area contributed by atoms with Crippen molar-refractivity contribution in [2.24, 2.45) is 5.41 Å². The fourth-order valence-corrected chi connectivity index (χ4v) is 1.52. The van der Waals surface area contributed by atoms with Crippen molar-refractivity contribution < 1.29 is 4.79 Å². The van der Waals surface area contributed by atoms with Gasteiger partial charge in [-0.2, -0.15) is 0 Å². The molecule has 2 nitrogen and oxygen atoms in total. The molecule has 1 atom stereocenters. The molecule has 0 aromatic carbocycles. The van der Waals surface area contributed by atoms with Crippen LogP contribution in [-0.2, 0) is 4.79 Å². The van der Waals surface area contributed by atoms with Gasteiger partial charge in [-0.1, -0.05) is 47.5 Å². The van der Waals surface area contributed by atoms with E-state index in [-0.39, 0.29) is 11.0 Å². The van der Waals surface area contributed by atoms with E-state index in [1.807, 2.05) is 20.8 Å². The average molecular weight is 227 g/mol. The zero-order chi connectivity index (χ0) is 12.8. The smallest absolute Gasteiger partial charge is 0.151 e. The molecule has 0 aliphatic carbocycles. The van der Waals surface area contributed by atoms with Crippen LogP contribution in [0.15, 0.2) is 0 Å². The molecule has 96 valence electrons. The molecule has 0 rings (SSSR count). The summed E-state index contributed by atoms with van der Waals surface area (Å²) in [6.07, 6.45) is 4.66. The Morgan fingerprint density at radius 1 is 1.12 bits per heavy atom. The van der Waals surface area contributed by atoms with Gasteiger partial charge >= 0.3 is 0 Å². The van der Waals surface area contributed by atoms with Crippen molar-refractivity contribution in [3.05, 3.63) is 0 Å². The van der Waals surface area contributed by atoms with Crippen molar-refractivity contribution in [1.29, 1.82) is 0 Å². The maximum absolute atomic E-state index is 11.8. The van der Waals surface area contributed by atoms with Crippen molar-refractivity contribution >= 4 is 5.78 Å². The minimum atomic E-state index is -0.230. The van der Waals surface area contributed by atoms with E-state index >= 15 is 0 Å². The summed E-state index contributed by atoms with van der Waals surface area (Å²) in [5.41, 5.74) is -0.108. The number of carbonyl (C=O) groups is 1. The molecule has 0 aliphatic rings. The highest BCUT2D eigenvalue weighted by Crippen LogP contribution is 2.19. The van der Waals surface area contributed by atoms with E-state index in [0.29, 0.717) is 12.3 Å². The second-order valence-electron chi connectivity index (χ2n) is 6.04. The molecular weight excluding hydrogens is 198 g/mol. The number of rotatable bonds is 7. The largest absolute Gasteiger partial charge is 0.305 e. The summed E-state index contributed by atoms with van der Waals surface area (Å²) < 4.78 is 0. The average Bonchev–Trinajstić information content (AvgIpc) is 2.21. The molecule has 0 radical (unpaired) electrons. The van der Waals surface area contributed by atoms with Crippen LogP contribution in [0, 0.1) is 5.41 Å². The fourth-order valence-electron chi connectivity index (χ4n) is 1.52. The predicted molar refractivity (Wildman–Crippen MR) is 70.7 cm³/mol. The predicted octanol–water partition coefficient (Wildman–Crippen LogP) is 3.55. The van der Waals surface area contributed by atoms with Crippen LogP contribution in [0.5, 0.6) is 0 Å². The quantitative estimate of drug-likeness (QED) is 0.720. The van der Waals surface area contributed by atoms with Crippen LogP contribution in [0.1, 0.15) is 67.2 Å². The topological polar surface area (TPSA) is 29.1 Å². The molecule has 0 aromatic rings. The molecule has 0 aromatic heterocycles. The lowest BCUT2D eigenvalue weighted by atomic mass is 9.88. The van der Waals surface area contributed by atoms with Crippen LogP contribution in [0.2, 0.25) is 0 Å². The van der Waals surface area contributed by atoms with E-state index in [1.165, 1.54) is 12.8 Å². The molecule has 0 fully saturated rings. The molecule has 0 saturated carbocycles. The number of ketones is 1. The SMILES string of the molecule is CCCCC(C)(CC)NCC(=O)C(C)(C)C. The second-order valence-corrected chi connectivity index (χ2v) is 6.04. The summed E-state index contributed by atoms with van der Waals surface area (Å²) in [5.74, 6) is 0.295. The highest BCUT2D eigenvalue weighted by atomic mass is 16.1. The third kappa shape index (κ3) is 5.64. The van der Waals surface area contributed by atoms with E-state index in [4.69, 9.17) is 0 Å². The van der Waals surface area contributed by atoms with Crippen molar-refractivity contribution in [2.75, 3.05) is 6.54 Å². The highest BCUT2D eigenvalue weighted by Gasteiger charge is 2.25. The van der Waals surface area contributed by atoms with Gasteiger partial charge in [-0.25, -0.2) is 0 Å². The van der Waals surface area contributed by atoms with Crippen LogP contribution in [0.25, 0.3) is 0 Å². The molecule has 0 bridgehead atoms. The first-order chi connectivity index (χ1) is 7.25. The lowest BCUT2D eigenvalue weighted by Crippen LogP contribution is -2.46. The number of hydrogen-bond acceptors (Lipinski definition) is 2. The fraction of sp³-hybridized carbons (Fsp3) is 0.929. The molecule has 0 heterocycles. The van der Waals surface area contributed by atoms with Gasteiger partial charge in [-0.15, -0.1) is 0 Å². The zero-order valence-corrected chi connectivity index (χ0v) is 11.9. The highest BCUT2D eigenvalue weighted by molar-refractivity contribution is 5.85. The number of Topliss-reactive ketones (excluding diaryl/α,β-unsaturated/α-hetero) is 1. The van der Waals surface area contributed by atoms with E-state index < -0.39 is 0 Å². The maximum atomic E-state index is 11.8. The molecule has 16 heavy (non-hydrogen) atoms. The number of unbranched alkanes of at least 4 members (excludes halogenated alkanes) is 1. The molecular formula is C14H29NO. The van der Waals surface area contributed by atoms with E-state index in [9.17, 15) is 4.79 Å². The van der Waals surface area contributed by atoms with Gasteiger partial charge in [0.05, 0.1) is 6.54 Å². The van der Waals surface area contributed by atoms with Crippen molar-refractivity contribution in [3.8, 4) is 0 Å². The second kappa shape index (κ2) is 6.39. The zero-order valence-electron chi connectivity index (χ0n) is 11.9. The number of nitrogens with one attached hydrogen (secondary N) is 1. The van der Waals surface area contributed by atoms with Gasteiger partial charge in [-0.05, 0) is 19.8 Å². The summed E-state index contributed by atoms with van der Waals surface area (Å²) in [5, 5.41) is 3.44. The Balaban J connectivity index is 4.18. The Morgan fingerprint density at radius 3 is 2.06 bits per heavy atom. The van der Waals surface area contributed by atoms with Crippen LogP contribution >= 0.6 is 0 Å². The van der Waals surface area contributed by atoms with Crippen molar-refractivity contribution in [1.82, 2.24) is 5.32 Å². The third-order valence-corrected chi connectivity index (χ3v) is 3.37. The van der Waals surface area contributed by atoms with Gasteiger partial charge in [0, 0.05) is 11.0 Å². The summed E-state index contributed by atoms with van der Waals surface area (Å²) in [7, 11) is 0. The Bertz CT molecular complexity index is 217. The number of carbonyl (C=O) groups excluding carboxylic acids is 1. The molecule has 2 heteroatoms. The summed E-state index contributed by atoms with van der Waals surface area (Å²) in [6.45, 7) is 13.0. The molecule has 1 unspecified atom stereocenters. The normalized spacial score (nSPS) is 15.9. The third-order valence-electron chi connectivity index (χ3n) is 3.37. The van der Waals surface area contributed by atoms with Gasteiger partial charge < -0.3 is 5.32 Å². The Labute approximate surface area is 101 Å². The Morgan fingerprint density at radius 2 is 1.69 bits per heavy atom. The monoisotopic (exact) mass is 227 g/mol. The lowest BCUT2D eigenvalue weighted by Gasteiger charge is -2.31. The van der Waals surface area contributed by atoms with Crippen molar-refractivity contribution in [2.45, 2.75) is 72.8 Å². The standard InChI is InChI=1S/C14H29NO/c1-7-9-10-14(6,8-2)15-11-12(16)13(3,4)5/h15H,7-11H2,1-6H3. The first-order valence-electron chi connectivity index (χ1n) is 6.53. The van der Waals surface area contributed by atoms with Gasteiger partial charge in [0.2, 0.25) is 0 Å². The van der Waals surface area contributed by atoms with Gasteiger partial charge in [0.25, 0.3) is 0 Å². The molecule has 0 saturated heterocycles. The minimum absolute atomic E-state index is 0.122. The molecule has 1 N–H and O–H groups in total. The number of hydrogen-bond donors (Lipinski definition) is 1. The summed E-state index contributed by atoms with van der Waals surface area (Å²) in [6, 6.07) is 0. The van der Waals surface area contributed by atoms with E-state index in [2.05, 4.69) is 26.1 Å². The van der Waals surface area contributed by atoms with E-state index in [1.54, 1.807) is 0 Å². The Kier molecular flexibility index (Phi) is 6.24. The van der Waals surface area contributed by atoms with Gasteiger partial charge in [0.15, 0.2) is 5.78 Å². The first kappa shape index (κ1) is 15.6. The van der Waals surface area contributed by atoms with E-state index in [0.717, 1.165) is 12.8 Å². The van der Waals surface area contributed by atoms with Crippen LogP contribution in [0.4, 0.5) is 0 Å². The summed E-state index contributed by atoms with van der Waals surface area (Å²) in [4.78, 5) is 11.8. The molecule has 0 amide bonds. The molecule has 0 aliphatic heterocycles. The molecule has 0 spiro atoms. The van der Waals surface area contributed by atoms with Crippen LogP contribution in [0.3, 0.4) is 0 Å². The van der Waals surface area contributed by atoms with Gasteiger partial charge in [0.1, 0.15) is 0 Å². The Hall–Kier alpha value is -0.370. The maximum Gasteiger partial charge on any atom is 0.151 e.